The third-order valence-electron chi connectivity index (χ3n) is 3.01. The molecule has 0 bridgehead atoms. The number of ether oxygens (including phenoxy) is 1. The van der Waals surface area contributed by atoms with Gasteiger partial charge in [-0.3, -0.25) is 9.48 Å². The number of hydrogen-bond acceptors (Lipinski definition) is 5. The third-order valence-corrected chi connectivity index (χ3v) is 3.01. The number of nitrogens with zero attached hydrogens (tertiary/aromatic N) is 4. The largest absolute Gasteiger partial charge is 0.478 e. The summed E-state index contributed by atoms with van der Waals surface area (Å²) in [5.41, 5.74) is 2.32. The highest BCUT2D eigenvalue weighted by Gasteiger charge is 2.13. The molecule has 0 aliphatic heterocycles. The van der Waals surface area contributed by atoms with Crippen LogP contribution in [0.25, 0.3) is 11.0 Å². The van der Waals surface area contributed by atoms with E-state index in [-0.39, 0.29) is 5.56 Å². The second-order valence-corrected chi connectivity index (χ2v) is 4.43. The van der Waals surface area contributed by atoms with E-state index in [0.29, 0.717) is 28.3 Å². The van der Waals surface area contributed by atoms with Crippen LogP contribution < -0.4 is 15.6 Å². The van der Waals surface area contributed by atoms with Crippen molar-refractivity contribution >= 4 is 22.4 Å². The smallest absolute Gasteiger partial charge is 0.274 e. The summed E-state index contributed by atoms with van der Waals surface area (Å²) in [4.78, 5) is 18.7. The highest BCUT2D eigenvalue weighted by atomic mass is 16.5. The lowest BCUT2D eigenvalue weighted by atomic mass is 10.3. The van der Waals surface area contributed by atoms with Crippen molar-refractivity contribution < 1.29 is 4.74 Å². The molecular weight excluding hydrogens is 260 g/mol. The van der Waals surface area contributed by atoms with Gasteiger partial charge < -0.3 is 19.6 Å². The molecule has 3 aromatic heterocycles. The number of pyridine rings is 1. The zero-order valence-corrected chi connectivity index (χ0v) is 11.3. The summed E-state index contributed by atoms with van der Waals surface area (Å²) in [6, 6.07) is 0. The minimum absolute atomic E-state index is 0.177. The highest BCUT2D eigenvalue weighted by molar-refractivity contribution is 5.89. The molecule has 0 fully saturated rings. The maximum Gasteiger partial charge on any atom is 0.274 e. The second-order valence-electron chi connectivity index (χ2n) is 4.43. The third kappa shape index (κ3) is 1.81. The van der Waals surface area contributed by atoms with Gasteiger partial charge >= 0.3 is 0 Å². The number of anilines is 2. The van der Waals surface area contributed by atoms with Crippen LogP contribution in [-0.4, -0.2) is 31.4 Å². The summed E-state index contributed by atoms with van der Waals surface area (Å²) in [6.07, 6.45) is 4.98. The molecule has 104 valence electrons. The first-order chi connectivity index (χ1) is 9.60. The number of nitrogens with one attached hydrogen (secondary N) is 2. The standard InChI is InChI=1S/C12H14N6O2/c1-17-6-14-9-7(4-13-11(19)10(9)17)15-8-5-18(2)16-12(8)20-3/h4-6,15H,1-3H3,(H,13,19). The summed E-state index contributed by atoms with van der Waals surface area (Å²) in [5.74, 6) is 0.475. The van der Waals surface area contributed by atoms with E-state index in [4.69, 9.17) is 4.74 Å². The fraction of sp³-hybridized carbons (Fsp3) is 0.250. The molecule has 0 aromatic carbocycles. The Balaban J connectivity index is 2.11. The monoisotopic (exact) mass is 274 g/mol. The molecule has 0 aliphatic carbocycles. The van der Waals surface area contributed by atoms with Crippen LogP contribution in [-0.2, 0) is 14.1 Å². The first-order valence-corrected chi connectivity index (χ1v) is 5.97. The normalized spacial score (nSPS) is 10.9. The highest BCUT2D eigenvalue weighted by Crippen LogP contribution is 2.27. The summed E-state index contributed by atoms with van der Waals surface area (Å²) in [5, 5.41) is 7.34. The van der Waals surface area contributed by atoms with Crippen LogP contribution in [0.15, 0.2) is 23.5 Å². The van der Waals surface area contributed by atoms with Crippen molar-refractivity contribution in [3.05, 3.63) is 29.1 Å². The van der Waals surface area contributed by atoms with Crippen LogP contribution in [0.4, 0.5) is 11.4 Å². The molecular formula is C12H14N6O2. The van der Waals surface area contributed by atoms with E-state index in [2.05, 4.69) is 20.4 Å². The number of imidazole rings is 1. The Hall–Kier alpha value is -2.77. The molecule has 2 N–H and O–H groups in total. The molecule has 0 atom stereocenters. The number of H-pyrrole nitrogens is 1. The van der Waals surface area contributed by atoms with Crippen LogP contribution in [0.2, 0.25) is 0 Å². The lowest BCUT2D eigenvalue weighted by molar-refractivity contribution is 0.393. The van der Waals surface area contributed by atoms with Crippen LogP contribution in [0.3, 0.4) is 0 Å². The van der Waals surface area contributed by atoms with Gasteiger partial charge in [0.1, 0.15) is 16.7 Å². The van der Waals surface area contributed by atoms with E-state index < -0.39 is 0 Å². The zero-order chi connectivity index (χ0) is 14.3. The summed E-state index contributed by atoms with van der Waals surface area (Å²) >= 11 is 0. The van der Waals surface area contributed by atoms with Gasteiger partial charge in [0, 0.05) is 20.3 Å². The van der Waals surface area contributed by atoms with Crippen molar-refractivity contribution in [2.75, 3.05) is 12.4 Å². The van der Waals surface area contributed by atoms with Gasteiger partial charge in [0.15, 0.2) is 0 Å². The van der Waals surface area contributed by atoms with Crippen LogP contribution in [0.1, 0.15) is 0 Å². The average molecular weight is 274 g/mol. The quantitative estimate of drug-likeness (QED) is 0.735. The number of fused-ring (bicyclic) bond motifs is 1. The van der Waals surface area contributed by atoms with Crippen molar-refractivity contribution in [2.45, 2.75) is 0 Å². The van der Waals surface area contributed by atoms with Gasteiger partial charge in [0.2, 0.25) is 0 Å². The van der Waals surface area contributed by atoms with Crippen molar-refractivity contribution in [3.8, 4) is 5.88 Å². The van der Waals surface area contributed by atoms with E-state index >= 15 is 0 Å². The van der Waals surface area contributed by atoms with E-state index in [1.54, 1.807) is 49.2 Å². The molecule has 8 heteroatoms. The van der Waals surface area contributed by atoms with E-state index in [1.165, 1.54) is 0 Å². The number of rotatable bonds is 3. The molecule has 8 nitrogen and oxygen atoms in total. The van der Waals surface area contributed by atoms with Gasteiger partial charge in [0.05, 0.1) is 25.3 Å². The second kappa shape index (κ2) is 4.41. The van der Waals surface area contributed by atoms with Gasteiger partial charge in [-0.05, 0) is 0 Å². The van der Waals surface area contributed by atoms with Gasteiger partial charge in [-0.25, -0.2) is 4.98 Å². The maximum absolute atomic E-state index is 11.8. The van der Waals surface area contributed by atoms with Gasteiger partial charge in [-0.15, -0.1) is 5.10 Å². The molecule has 0 saturated carbocycles. The number of methoxy groups -OCH3 is 1. The molecule has 0 spiro atoms. The Kier molecular flexibility index (Phi) is 2.70. The molecule has 3 heterocycles. The molecule has 20 heavy (non-hydrogen) atoms. The van der Waals surface area contributed by atoms with Crippen molar-refractivity contribution in [3.63, 3.8) is 0 Å². The molecule has 0 amide bonds. The fourth-order valence-corrected chi connectivity index (χ4v) is 2.11. The Labute approximate surface area is 114 Å². The zero-order valence-electron chi connectivity index (χ0n) is 11.3. The first-order valence-electron chi connectivity index (χ1n) is 5.97. The Morgan fingerprint density at radius 1 is 1.35 bits per heavy atom. The fourth-order valence-electron chi connectivity index (χ4n) is 2.11. The Morgan fingerprint density at radius 2 is 2.15 bits per heavy atom. The summed E-state index contributed by atoms with van der Waals surface area (Å²) in [7, 11) is 5.13. The van der Waals surface area contributed by atoms with E-state index in [9.17, 15) is 4.79 Å². The Bertz CT molecular complexity index is 828. The van der Waals surface area contributed by atoms with Crippen LogP contribution >= 0.6 is 0 Å². The number of aromatic amines is 1. The minimum Gasteiger partial charge on any atom is -0.478 e. The first kappa shape index (κ1) is 12.3. The minimum atomic E-state index is -0.177. The lowest BCUT2D eigenvalue weighted by Gasteiger charge is -2.06. The summed E-state index contributed by atoms with van der Waals surface area (Å²) < 4.78 is 8.51. The van der Waals surface area contributed by atoms with Crippen LogP contribution in [0, 0.1) is 0 Å². The molecule has 0 saturated heterocycles. The Morgan fingerprint density at radius 3 is 2.90 bits per heavy atom. The van der Waals surface area contributed by atoms with Gasteiger partial charge in [0.25, 0.3) is 11.4 Å². The predicted molar refractivity (Wildman–Crippen MR) is 74.4 cm³/mol. The molecule has 3 rings (SSSR count). The average Bonchev–Trinajstić information content (AvgIpc) is 2.97. The van der Waals surface area contributed by atoms with Gasteiger partial charge in [-0.1, -0.05) is 0 Å². The SMILES string of the molecule is COc1nn(C)cc1Nc1c[nH]c(=O)c2c1ncn2C. The van der Waals surface area contributed by atoms with Crippen LogP contribution in [0.5, 0.6) is 5.88 Å². The number of aryl methyl sites for hydroxylation is 2. The van der Waals surface area contributed by atoms with Gasteiger partial charge in [-0.2, -0.15) is 0 Å². The molecule has 0 radical (unpaired) electrons. The predicted octanol–water partition coefficient (Wildman–Crippen LogP) is 0.747. The van der Waals surface area contributed by atoms with Crippen molar-refractivity contribution in [2.24, 2.45) is 14.1 Å². The summed E-state index contributed by atoms with van der Waals surface area (Å²) in [6.45, 7) is 0. The van der Waals surface area contributed by atoms with E-state index in [1.807, 2.05) is 0 Å². The molecule has 3 aromatic rings. The lowest BCUT2D eigenvalue weighted by Crippen LogP contribution is -2.09. The number of hydrogen-bond donors (Lipinski definition) is 2. The van der Waals surface area contributed by atoms with E-state index in [0.717, 1.165) is 0 Å². The van der Waals surface area contributed by atoms with Crippen molar-refractivity contribution in [1.82, 2.24) is 24.3 Å². The number of aromatic nitrogens is 5. The topological polar surface area (TPSA) is 89.8 Å². The molecule has 0 aliphatic rings. The maximum atomic E-state index is 11.8. The van der Waals surface area contributed by atoms with Crippen molar-refractivity contribution in [1.29, 1.82) is 0 Å². The molecule has 0 unspecified atom stereocenters.